The number of carbonyl (C=O) groups excluding carboxylic acids is 1. The number of hydrogen-bond donors (Lipinski definition) is 1. The number of sulfonamides is 1. The van der Waals surface area contributed by atoms with E-state index >= 15 is 0 Å². The molecule has 144 valence electrons. The van der Waals surface area contributed by atoms with Crippen LogP contribution in [0.4, 0.5) is 11.4 Å². The number of anilines is 2. The van der Waals surface area contributed by atoms with Crippen LogP contribution in [0.2, 0.25) is 0 Å². The molecular formula is C20H17BrN2O3S2. The molecule has 28 heavy (non-hydrogen) atoms. The summed E-state index contributed by atoms with van der Waals surface area (Å²) in [5.41, 5.74) is 2.94. The molecule has 4 rings (SSSR count). The monoisotopic (exact) mass is 476 g/mol. The molecule has 0 spiro atoms. The zero-order chi connectivity index (χ0) is 19.7. The first-order valence-corrected chi connectivity index (χ1v) is 11.8. The van der Waals surface area contributed by atoms with Gasteiger partial charge in [0.25, 0.3) is 15.9 Å². The molecule has 0 saturated carbocycles. The van der Waals surface area contributed by atoms with E-state index in [1.807, 2.05) is 30.3 Å². The summed E-state index contributed by atoms with van der Waals surface area (Å²) in [4.78, 5) is 14.6. The Hall–Kier alpha value is -2.16. The summed E-state index contributed by atoms with van der Waals surface area (Å²) in [6.45, 7) is 0.648. The minimum Gasteiger partial charge on any atom is -0.308 e. The highest BCUT2D eigenvalue weighted by molar-refractivity contribution is 9.11. The SMILES string of the molecule is O=C(c1ccccc1)N1CCCc2cc(NS(=O)(=O)c3ccc(Br)s3)ccc21. The van der Waals surface area contributed by atoms with E-state index in [9.17, 15) is 13.2 Å². The molecule has 0 aliphatic carbocycles. The molecule has 1 N–H and O–H groups in total. The number of carbonyl (C=O) groups is 1. The Labute approximate surface area is 176 Å². The fraction of sp³-hybridized carbons (Fsp3) is 0.150. The summed E-state index contributed by atoms with van der Waals surface area (Å²) in [7, 11) is -3.63. The Morgan fingerprint density at radius 3 is 2.57 bits per heavy atom. The normalized spacial score (nSPS) is 13.8. The lowest BCUT2D eigenvalue weighted by Gasteiger charge is -2.30. The van der Waals surface area contributed by atoms with Crippen LogP contribution in [0.1, 0.15) is 22.3 Å². The number of fused-ring (bicyclic) bond motifs is 1. The summed E-state index contributed by atoms with van der Waals surface area (Å²) in [6, 6.07) is 17.8. The standard InChI is InChI=1S/C20H17BrN2O3S2/c21-18-10-11-19(27-18)28(25,26)22-16-8-9-17-15(13-16)7-4-12-23(17)20(24)14-5-2-1-3-6-14/h1-3,5-6,8-11,13,22H,4,7,12H2. The molecule has 0 radical (unpaired) electrons. The van der Waals surface area contributed by atoms with Gasteiger partial charge in [-0.1, -0.05) is 18.2 Å². The summed E-state index contributed by atoms with van der Waals surface area (Å²) in [5, 5.41) is 0. The van der Waals surface area contributed by atoms with Crippen molar-refractivity contribution in [3.63, 3.8) is 0 Å². The molecule has 8 heteroatoms. The number of amides is 1. The van der Waals surface area contributed by atoms with Crippen molar-refractivity contribution in [3.8, 4) is 0 Å². The number of hydrogen-bond acceptors (Lipinski definition) is 4. The number of benzene rings is 2. The fourth-order valence-electron chi connectivity index (χ4n) is 3.26. The molecule has 3 aromatic rings. The molecule has 1 aromatic heterocycles. The maximum absolute atomic E-state index is 12.9. The molecular weight excluding hydrogens is 460 g/mol. The van der Waals surface area contributed by atoms with Gasteiger partial charge in [-0.25, -0.2) is 8.42 Å². The molecule has 2 heterocycles. The Morgan fingerprint density at radius 2 is 1.86 bits per heavy atom. The Bertz CT molecular complexity index is 1130. The van der Waals surface area contributed by atoms with Gasteiger partial charge in [0.15, 0.2) is 0 Å². The van der Waals surface area contributed by atoms with Crippen LogP contribution in [0.5, 0.6) is 0 Å². The van der Waals surface area contributed by atoms with Crippen molar-refractivity contribution in [1.82, 2.24) is 0 Å². The molecule has 0 atom stereocenters. The Morgan fingerprint density at radius 1 is 1.07 bits per heavy atom. The third-order valence-electron chi connectivity index (χ3n) is 4.53. The highest BCUT2D eigenvalue weighted by Gasteiger charge is 2.24. The number of nitrogens with one attached hydrogen (secondary N) is 1. The third-order valence-corrected chi connectivity index (χ3v) is 8.03. The molecule has 1 aliphatic heterocycles. The molecule has 0 unspecified atom stereocenters. The topological polar surface area (TPSA) is 66.5 Å². The van der Waals surface area contributed by atoms with E-state index in [2.05, 4.69) is 20.7 Å². The summed E-state index contributed by atoms with van der Waals surface area (Å²) < 4.78 is 28.7. The lowest BCUT2D eigenvalue weighted by molar-refractivity contribution is 0.0985. The zero-order valence-electron chi connectivity index (χ0n) is 14.8. The smallest absolute Gasteiger partial charge is 0.271 e. The lowest BCUT2D eigenvalue weighted by Crippen LogP contribution is -2.35. The average molecular weight is 477 g/mol. The summed E-state index contributed by atoms with van der Waals surface area (Å²) in [6.07, 6.45) is 1.63. The van der Waals surface area contributed by atoms with E-state index in [-0.39, 0.29) is 10.1 Å². The summed E-state index contributed by atoms with van der Waals surface area (Å²) >= 11 is 4.45. The first-order valence-electron chi connectivity index (χ1n) is 8.72. The van der Waals surface area contributed by atoms with E-state index in [4.69, 9.17) is 0 Å². The van der Waals surface area contributed by atoms with E-state index in [1.165, 1.54) is 0 Å². The van der Waals surface area contributed by atoms with Crippen LogP contribution in [-0.2, 0) is 16.4 Å². The molecule has 1 amide bonds. The molecule has 5 nitrogen and oxygen atoms in total. The minimum atomic E-state index is -3.63. The van der Waals surface area contributed by atoms with E-state index in [1.54, 1.807) is 35.2 Å². The van der Waals surface area contributed by atoms with Gasteiger partial charge in [0.2, 0.25) is 0 Å². The predicted octanol–water partition coefficient (Wildman–Crippen LogP) is 4.90. The number of thiophene rings is 1. The maximum atomic E-state index is 12.9. The van der Waals surface area contributed by atoms with Gasteiger partial charge in [0.05, 0.1) is 3.79 Å². The quantitative estimate of drug-likeness (QED) is 0.581. The van der Waals surface area contributed by atoms with Gasteiger partial charge in [-0.2, -0.15) is 0 Å². The molecule has 1 aliphatic rings. The Kier molecular flexibility index (Phi) is 5.27. The predicted molar refractivity (Wildman–Crippen MR) is 116 cm³/mol. The van der Waals surface area contributed by atoms with Gasteiger partial charge in [0, 0.05) is 23.5 Å². The number of rotatable bonds is 4. The average Bonchev–Trinajstić information content (AvgIpc) is 3.14. The van der Waals surface area contributed by atoms with Crippen LogP contribution < -0.4 is 9.62 Å². The van der Waals surface area contributed by atoms with Crippen molar-refractivity contribution in [2.24, 2.45) is 0 Å². The van der Waals surface area contributed by atoms with E-state index in [0.717, 1.165) is 39.2 Å². The van der Waals surface area contributed by atoms with Crippen LogP contribution >= 0.6 is 27.3 Å². The van der Waals surface area contributed by atoms with E-state index < -0.39 is 10.0 Å². The first kappa shape index (κ1) is 19.2. The van der Waals surface area contributed by atoms with Crippen LogP contribution in [-0.4, -0.2) is 20.9 Å². The molecule has 2 aromatic carbocycles. The number of halogens is 1. The Balaban J connectivity index is 1.61. The van der Waals surface area contributed by atoms with Gasteiger partial charge in [-0.3, -0.25) is 9.52 Å². The van der Waals surface area contributed by atoms with Crippen LogP contribution in [0.15, 0.2) is 68.7 Å². The largest absolute Gasteiger partial charge is 0.308 e. The third kappa shape index (κ3) is 3.85. The first-order chi connectivity index (χ1) is 13.4. The molecule has 0 saturated heterocycles. The lowest BCUT2D eigenvalue weighted by atomic mass is 10.00. The summed E-state index contributed by atoms with van der Waals surface area (Å²) in [5.74, 6) is -0.0432. The number of aryl methyl sites for hydroxylation is 1. The van der Waals surface area contributed by atoms with Crippen LogP contribution in [0.3, 0.4) is 0 Å². The van der Waals surface area contributed by atoms with Gasteiger partial charge < -0.3 is 4.90 Å². The van der Waals surface area contributed by atoms with Crippen molar-refractivity contribution in [1.29, 1.82) is 0 Å². The van der Waals surface area contributed by atoms with E-state index in [0.29, 0.717) is 17.8 Å². The van der Waals surface area contributed by atoms with Gasteiger partial charge in [-0.15, -0.1) is 11.3 Å². The van der Waals surface area contributed by atoms with Crippen LogP contribution in [0.25, 0.3) is 0 Å². The second-order valence-electron chi connectivity index (χ2n) is 6.43. The number of nitrogens with zero attached hydrogens (tertiary/aromatic N) is 1. The van der Waals surface area contributed by atoms with Crippen molar-refractivity contribution in [3.05, 3.63) is 75.6 Å². The molecule has 0 bridgehead atoms. The van der Waals surface area contributed by atoms with Crippen molar-refractivity contribution in [2.45, 2.75) is 17.1 Å². The highest BCUT2D eigenvalue weighted by Crippen LogP contribution is 2.32. The highest BCUT2D eigenvalue weighted by atomic mass is 79.9. The maximum Gasteiger partial charge on any atom is 0.271 e. The van der Waals surface area contributed by atoms with Crippen molar-refractivity contribution < 1.29 is 13.2 Å². The fourth-order valence-corrected chi connectivity index (χ4v) is 6.32. The van der Waals surface area contributed by atoms with Gasteiger partial charge in [0.1, 0.15) is 4.21 Å². The zero-order valence-corrected chi connectivity index (χ0v) is 18.0. The minimum absolute atomic E-state index is 0.0432. The molecule has 0 fully saturated rings. The second kappa shape index (κ2) is 7.69. The van der Waals surface area contributed by atoms with Crippen molar-refractivity contribution >= 4 is 54.6 Å². The van der Waals surface area contributed by atoms with Crippen molar-refractivity contribution in [2.75, 3.05) is 16.2 Å². The van der Waals surface area contributed by atoms with Gasteiger partial charge >= 0.3 is 0 Å². The van der Waals surface area contributed by atoms with Crippen LogP contribution in [0, 0.1) is 0 Å². The van der Waals surface area contributed by atoms with Gasteiger partial charge in [-0.05, 0) is 76.8 Å². The second-order valence-corrected chi connectivity index (χ2v) is 10.8.